The van der Waals surface area contributed by atoms with E-state index < -0.39 is 0 Å². The van der Waals surface area contributed by atoms with E-state index in [-0.39, 0.29) is 0 Å². The smallest absolute Gasteiger partial charge is 0.185 e. The standard InChI is InChI=1S/C16H25N5OS/c1-4-21-11-14(13(2)18-21)10-19(3)12-15-9-17-16(23-15)20-5-7-22-8-6-20/h9,11H,4-8,10,12H2,1-3H3. The summed E-state index contributed by atoms with van der Waals surface area (Å²) in [5, 5.41) is 5.63. The molecule has 0 N–H and O–H groups in total. The van der Waals surface area contributed by atoms with E-state index in [1.165, 1.54) is 10.4 Å². The Morgan fingerprint density at radius 2 is 2.09 bits per heavy atom. The molecule has 6 nitrogen and oxygen atoms in total. The Morgan fingerprint density at radius 3 is 2.78 bits per heavy atom. The number of hydrogen-bond acceptors (Lipinski definition) is 6. The highest BCUT2D eigenvalue weighted by Gasteiger charge is 2.15. The zero-order chi connectivity index (χ0) is 16.2. The Morgan fingerprint density at radius 1 is 1.30 bits per heavy atom. The summed E-state index contributed by atoms with van der Waals surface area (Å²) in [4.78, 5) is 10.5. The Hall–Kier alpha value is -1.44. The van der Waals surface area contributed by atoms with Crippen molar-refractivity contribution in [2.45, 2.75) is 33.5 Å². The van der Waals surface area contributed by atoms with Gasteiger partial charge in [0.25, 0.3) is 0 Å². The quantitative estimate of drug-likeness (QED) is 0.809. The third kappa shape index (κ3) is 4.10. The highest BCUT2D eigenvalue weighted by Crippen LogP contribution is 2.24. The number of aryl methyl sites for hydroxylation is 2. The molecule has 0 atom stereocenters. The first-order valence-electron chi connectivity index (χ1n) is 8.14. The van der Waals surface area contributed by atoms with E-state index in [1.54, 1.807) is 11.3 Å². The minimum absolute atomic E-state index is 0.801. The molecule has 3 heterocycles. The molecule has 2 aromatic heterocycles. The molecular weight excluding hydrogens is 310 g/mol. The number of thiazole rings is 1. The molecule has 0 spiro atoms. The van der Waals surface area contributed by atoms with E-state index in [2.05, 4.69) is 47.0 Å². The van der Waals surface area contributed by atoms with Crippen LogP contribution in [-0.2, 0) is 24.4 Å². The fourth-order valence-electron chi connectivity index (χ4n) is 2.76. The topological polar surface area (TPSA) is 46.4 Å². The molecule has 0 amide bonds. The van der Waals surface area contributed by atoms with Gasteiger partial charge in [-0.25, -0.2) is 4.98 Å². The molecule has 2 aromatic rings. The van der Waals surface area contributed by atoms with Gasteiger partial charge in [0.1, 0.15) is 0 Å². The van der Waals surface area contributed by atoms with Crippen molar-refractivity contribution in [3.8, 4) is 0 Å². The second-order valence-electron chi connectivity index (χ2n) is 5.98. The average Bonchev–Trinajstić information content (AvgIpc) is 3.15. The average molecular weight is 335 g/mol. The first-order valence-corrected chi connectivity index (χ1v) is 8.96. The zero-order valence-electron chi connectivity index (χ0n) is 14.2. The largest absolute Gasteiger partial charge is 0.378 e. The third-order valence-corrected chi connectivity index (χ3v) is 5.10. The van der Waals surface area contributed by atoms with Crippen LogP contribution >= 0.6 is 11.3 Å². The molecule has 1 aliphatic heterocycles. The number of aromatic nitrogens is 3. The lowest BCUT2D eigenvalue weighted by atomic mass is 10.2. The first-order chi connectivity index (χ1) is 11.2. The van der Waals surface area contributed by atoms with Gasteiger partial charge in [-0.1, -0.05) is 0 Å². The van der Waals surface area contributed by atoms with Crippen LogP contribution in [0.15, 0.2) is 12.4 Å². The van der Waals surface area contributed by atoms with Gasteiger partial charge in [-0.15, -0.1) is 11.3 Å². The maximum Gasteiger partial charge on any atom is 0.185 e. The van der Waals surface area contributed by atoms with Crippen molar-refractivity contribution in [1.82, 2.24) is 19.7 Å². The monoisotopic (exact) mass is 335 g/mol. The molecule has 0 bridgehead atoms. The van der Waals surface area contributed by atoms with Crippen molar-refractivity contribution in [2.75, 3.05) is 38.3 Å². The van der Waals surface area contributed by atoms with Gasteiger partial charge in [-0.05, 0) is 20.9 Å². The Balaban J connectivity index is 1.58. The summed E-state index contributed by atoms with van der Waals surface area (Å²) in [6.45, 7) is 10.4. The van der Waals surface area contributed by atoms with E-state index in [0.717, 1.165) is 56.8 Å². The van der Waals surface area contributed by atoms with Crippen molar-refractivity contribution < 1.29 is 4.74 Å². The molecule has 23 heavy (non-hydrogen) atoms. The summed E-state index contributed by atoms with van der Waals surface area (Å²) in [5.74, 6) is 0. The molecule has 1 fully saturated rings. The second-order valence-corrected chi connectivity index (χ2v) is 7.07. The van der Waals surface area contributed by atoms with Crippen LogP contribution in [0.2, 0.25) is 0 Å². The maximum absolute atomic E-state index is 5.40. The van der Waals surface area contributed by atoms with Crippen LogP contribution in [0.4, 0.5) is 5.13 Å². The number of hydrogen-bond donors (Lipinski definition) is 0. The summed E-state index contributed by atoms with van der Waals surface area (Å²) < 4.78 is 7.40. The summed E-state index contributed by atoms with van der Waals surface area (Å²) in [7, 11) is 2.15. The van der Waals surface area contributed by atoms with Crippen molar-refractivity contribution in [1.29, 1.82) is 0 Å². The lowest BCUT2D eigenvalue weighted by Crippen LogP contribution is -2.36. The van der Waals surface area contributed by atoms with Gasteiger partial charge in [0.15, 0.2) is 5.13 Å². The van der Waals surface area contributed by atoms with Gasteiger partial charge < -0.3 is 9.64 Å². The predicted molar refractivity (Wildman–Crippen MR) is 93.0 cm³/mol. The molecule has 0 radical (unpaired) electrons. The molecule has 0 unspecified atom stereocenters. The maximum atomic E-state index is 5.40. The number of rotatable bonds is 6. The van der Waals surface area contributed by atoms with Crippen molar-refractivity contribution in [2.24, 2.45) is 0 Å². The van der Waals surface area contributed by atoms with Crippen molar-refractivity contribution in [3.05, 3.63) is 28.5 Å². The number of ether oxygens (including phenoxy) is 1. The summed E-state index contributed by atoms with van der Waals surface area (Å²) >= 11 is 1.79. The van der Waals surface area contributed by atoms with Crippen LogP contribution in [0, 0.1) is 6.92 Å². The van der Waals surface area contributed by atoms with Crippen LogP contribution < -0.4 is 4.90 Å². The number of anilines is 1. The molecule has 0 saturated carbocycles. The van der Waals surface area contributed by atoms with Crippen molar-refractivity contribution in [3.63, 3.8) is 0 Å². The molecule has 7 heteroatoms. The Bertz CT molecular complexity index is 632. The van der Waals surface area contributed by atoms with Crippen LogP contribution in [0.5, 0.6) is 0 Å². The van der Waals surface area contributed by atoms with E-state index >= 15 is 0 Å². The fraction of sp³-hybridized carbons (Fsp3) is 0.625. The third-order valence-electron chi connectivity index (χ3n) is 4.06. The minimum Gasteiger partial charge on any atom is -0.378 e. The van der Waals surface area contributed by atoms with E-state index in [1.807, 2.05) is 10.9 Å². The summed E-state index contributed by atoms with van der Waals surface area (Å²) in [5.41, 5.74) is 2.42. The lowest BCUT2D eigenvalue weighted by molar-refractivity contribution is 0.122. The second kappa shape index (κ2) is 7.42. The Kier molecular flexibility index (Phi) is 5.30. The van der Waals surface area contributed by atoms with Crippen LogP contribution in [0.25, 0.3) is 0 Å². The highest BCUT2D eigenvalue weighted by molar-refractivity contribution is 7.15. The van der Waals surface area contributed by atoms with Crippen LogP contribution in [0.1, 0.15) is 23.1 Å². The summed E-state index contributed by atoms with van der Waals surface area (Å²) in [6.07, 6.45) is 4.16. The van der Waals surface area contributed by atoms with Crippen LogP contribution in [-0.4, -0.2) is 53.0 Å². The van der Waals surface area contributed by atoms with Gasteiger partial charge in [0.05, 0.1) is 18.9 Å². The lowest BCUT2D eigenvalue weighted by Gasteiger charge is -2.26. The van der Waals surface area contributed by atoms with Crippen molar-refractivity contribution >= 4 is 16.5 Å². The first kappa shape index (κ1) is 16.4. The SMILES string of the molecule is CCn1cc(CN(C)Cc2cnc(N3CCOCC3)s2)c(C)n1. The number of nitrogens with zero attached hydrogens (tertiary/aromatic N) is 5. The van der Waals surface area contributed by atoms with E-state index in [0.29, 0.717) is 0 Å². The molecular formula is C16H25N5OS. The highest BCUT2D eigenvalue weighted by atomic mass is 32.1. The molecule has 126 valence electrons. The van der Waals surface area contributed by atoms with Gasteiger partial charge >= 0.3 is 0 Å². The van der Waals surface area contributed by atoms with E-state index in [9.17, 15) is 0 Å². The van der Waals surface area contributed by atoms with Gasteiger partial charge in [-0.3, -0.25) is 9.58 Å². The molecule has 3 rings (SSSR count). The Labute approximate surface area is 141 Å². The predicted octanol–water partition coefficient (Wildman–Crippen LogP) is 2.14. The van der Waals surface area contributed by atoms with E-state index in [4.69, 9.17) is 4.74 Å². The molecule has 0 aliphatic carbocycles. The normalized spacial score (nSPS) is 15.6. The summed E-state index contributed by atoms with van der Waals surface area (Å²) in [6, 6.07) is 0. The van der Waals surface area contributed by atoms with Gasteiger partial charge in [0.2, 0.25) is 0 Å². The minimum atomic E-state index is 0.801. The molecule has 1 aliphatic rings. The molecule has 1 saturated heterocycles. The number of morpholine rings is 1. The molecule has 0 aromatic carbocycles. The van der Waals surface area contributed by atoms with Gasteiger partial charge in [-0.2, -0.15) is 5.10 Å². The fourth-order valence-corrected chi connectivity index (χ4v) is 3.80. The van der Waals surface area contributed by atoms with Crippen LogP contribution in [0.3, 0.4) is 0 Å². The zero-order valence-corrected chi connectivity index (χ0v) is 15.0. The van der Waals surface area contributed by atoms with Gasteiger partial charge in [0, 0.05) is 55.6 Å².